The number of nitrogens with zero attached hydrogens (tertiary/aromatic N) is 5. The molecule has 0 saturated heterocycles. The molecule has 0 spiro atoms. The van der Waals surface area contributed by atoms with Crippen LogP contribution < -0.4 is 0 Å². The lowest BCUT2D eigenvalue weighted by Gasteiger charge is -1.95. The van der Waals surface area contributed by atoms with Crippen LogP contribution in [0.25, 0.3) is 11.4 Å². The fraction of sp³-hybridized carbons (Fsp3) is 0.455. The Morgan fingerprint density at radius 3 is 2.67 bits per heavy atom. The molecule has 7 heteroatoms. The second-order valence-electron chi connectivity index (χ2n) is 3.90. The van der Waals surface area contributed by atoms with E-state index >= 15 is 0 Å². The highest BCUT2D eigenvalue weighted by Crippen LogP contribution is 2.19. The third-order valence-electron chi connectivity index (χ3n) is 2.48. The number of carbonyl (C=O) groups excluding carboxylic acids is 1. The van der Waals surface area contributed by atoms with Crippen molar-refractivity contribution >= 4 is 5.97 Å². The number of rotatable bonds is 3. The van der Waals surface area contributed by atoms with E-state index in [4.69, 9.17) is 4.74 Å². The van der Waals surface area contributed by atoms with Crippen LogP contribution in [-0.2, 0) is 18.8 Å². The van der Waals surface area contributed by atoms with Gasteiger partial charge in [-0.3, -0.25) is 4.68 Å². The molecule has 0 radical (unpaired) electrons. The van der Waals surface area contributed by atoms with Gasteiger partial charge in [0.25, 0.3) is 5.82 Å². The Hall–Kier alpha value is -2.18. The summed E-state index contributed by atoms with van der Waals surface area (Å²) < 4.78 is 8.12. The van der Waals surface area contributed by atoms with Gasteiger partial charge in [-0.2, -0.15) is 5.10 Å². The van der Waals surface area contributed by atoms with E-state index in [1.807, 2.05) is 20.2 Å². The smallest absolute Gasteiger partial charge is 0.378 e. The Balaban J connectivity index is 2.41. The van der Waals surface area contributed by atoms with Gasteiger partial charge in [0.2, 0.25) is 0 Å². The molecule has 0 bridgehead atoms. The van der Waals surface area contributed by atoms with E-state index in [1.165, 1.54) is 0 Å². The van der Waals surface area contributed by atoms with Gasteiger partial charge in [0.05, 0.1) is 17.9 Å². The van der Waals surface area contributed by atoms with Crippen LogP contribution >= 0.6 is 0 Å². The van der Waals surface area contributed by atoms with E-state index < -0.39 is 5.97 Å². The molecule has 0 aliphatic carbocycles. The number of hydrogen-bond acceptors (Lipinski definition) is 5. The second kappa shape index (κ2) is 4.59. The molecule has 0 aliphatic rings. The number of aromatic nitrogens is 5. The van der Waals surface area contributed by atoms with Gasteiger partial charge in [0.1, 0.15) is 0 Å². The van der Waals surface area contributed by atoms with E-state index in [9.17, 15) is 4.79 Å². The Kier molecular flexibility index (Phi) is 3.14. The van der Waals surface area contributed by atoms with Crippen LogP contribution in [0.4, 0.5) is 0 Å². The monoisotopic (exact) mass is 249 g/mol. The third kappa shape index (κ3) is 2.11. The molecule has 0 saturated carbocycles. The van der Waals surface area contributed by atoms with Crippen molar-refractivity contribution in [1.29, 1.82) is 0 Å². The molecule has 2 aromatic heterocycles. The predicted octanol–water partition coefficient (Wildman–Crippen LogP) is 0.701. The summed E-state index contributed by atoms with van der Waals surface area (Å²) in [4.78, 5) is 15.7. The topological polar surface area (TPSA) is 74.8 Å². The Labute approximate surface area is 104 Å². The van der Waals surface area contributed by atoms with Gasteiger partial charge in [-0.1, -0.05) is 0 Å². The minimum atomic E-state index is -0.513. The number of hydrogen-bond donors (Lipinski definition) is 0. The third-order valence-corrected chi connectivity index (χ3v) is 2.48. The highest BCUT2D eigenvalue weighted by atomic mass is 16.5. The van der Waals surface area contributed by atoms with Crippen molar-refractivity contribution in [3.8, 4) is 11.4 Å². The lowest BCUT2D eigenvalue weighted by atomic mass is 10.2. The number of aryl methyl sites for hydroxylation is 3. The minimum Gasteiger partial charge on any atom is -0.460 e. The average Bonchev–Trinajstić information content (AvgIpc) is 2.82. The van der Waals surface area contributed by atoms with Gasteiger partial charge in [-0.15, -0.1) is 5.10 Å². The molecule has 0 fully saturated rings. The summed E-state index contributed by atoms with van der Waals surface area (Å²) in [7, 11) is 3.57. The molecule has 0 N–H and O–H groups in total. The predicted molar refractivity (Wildman–Crippen MR) is 63.9 cm³/mol. The van der Waals surface area contributed by atoms with Gasteiger partial charge >= 0.3 is 5.97 Å². The normalized spacial score (nSPS) is 10.7. The van der Waals surface area contributed by atoms with Gasteiger partial charge < -0.3 is 4.74 Å². The summed E-state index contributed by atoms with van der Waals surface area (Å²) in [6.07, 6.45) is 1.84. The van der Waals surface area contributed by atoms with Crippen molar-refractivity contribution < 1.29 is 9.53 Å². The molecule has 0 aliphatic heterocycles. The van der Waals surface area contributed by atoms with E-state index in [0.29, 0.717) is 12.4 Å². The number of esters is 1. The van der Waals surface area contributed by atoms with Crippen molar-refractivity contribution in [2.75, 3.05) is 6.61 Å². The van der Waals surface area contributed by atoms with E-state index in [0.717, 1.165) is 11.3 Å². The summed E-state index contributed by atoms with van der Waals surface area (Å²) in [6.45, 7) is 3.93. The fourth-order valence-corrected chi connectivity index (χ4v) is 1.72. The average molecular weight is 249 g/mol. The summed E-state index contributed by atoms with van der Waals surface area (Å²) >= 11 is 0. The molecule has 7 nitrogen and oxygen atoms in total. The van der Waals surface area contributed by atoms with Gasteiger partial charge in [0.15, 0.2) is 5.82 Å². The van der Waals surface area contributed by atoms with Crippen LogP contribution in [0, 0.1) is 6.92 Å². The second-order valence-corrected chi connectivity index (χ2v) is 3.90. The van der Waals surface area contributed by atoms with Crippen molar-refractivity contribution in [1.82, 2.24) is 24.5 Å². The first-order valence-electron chi connectivity index (χ1n) is 5.61. The number of carbonyl (C=O) groups is 1. The van der Waals surface area contributed by atoms with Gasteiger partial charge in [-0.25, -0.2) is 14.5 Å². The Bertz CT molecular complexity index is 584. The van der Waals surface area contributed by atoms with Crippen molar-refractivity contribution in [2.45, 2.75) is 13.8 Å². The van der Waals surface area contributed by atoms with Crippen LogP contribution in [-0.4, -0.2) is 37.1 Å². The quantitative estimate of drug-likeness (QED) is 0.748. The molecule has 0 aromatic carbocycles. The van der Waals surface area contributed by atoms with Crippen molar-refractivity contribution in [3.05, 3.63) is 17.7 Å². The van der Waals surface area contributed by atoms with Crippen molar-refractivity contribution in [3.63, 3.8) is 0 Å². The van der Waals surface area contributed by atoms with Gasteiger partial charge in [0, 0.05) is 20.3 Å². The molecule has 0 amide bonds. The van der Waals surface area contributed by atoms with Crippen LogP contribution in [0.3, 0.4) is 0 Å². The number of ether oxygens (including phenoxy) is 1. The zero-order chi connectivity index (χ0) is 13.3. The molecule has 2 rings (SSSR count). The van der Waals surface area contributed by atoms with Crippen LogP contribution in [0.2, 0.25) is 0 Å². The molecular formula is C11H15N5O2. The van der Waals surface area contributed by atoms with Gasteiger partial charge in [-0.05, 0) is 13.8 Å². The zero-order valence-electron chi connectivity index (χ0n) is 10.8. The Morgan fingerprint density at radius 1 is 1.39 bits per heavy atom. The molecule has 2 heterocycles. The largest absolute Gasteiger partial charge is 0.460 e. The molecule has 0 unspecified atom stereocenters. The first-order valence-corrected chi connectivity index (χ1v) is 5.61. The van der Waals surface area contributed by atoms with Crippen molar-refractivity contribution in [2.24, 2.45) is 14.1 Å². The fourth-order valence-electron chi connectivity index (χ4n) is 1.72. The molecule has 96 valence electrons. The first kappa shape index (κ1) is 12.3. The highest BCUT2D eigenvalue weighted by molar-refractivity contribution is 5.85. The van der Waals surface area contributed by atoms with Crippen LogP contribution in [0.1, 0.15) is 23.2 Å². The summed E-state index contributed by atoms with van der Waals surface area (Å²) in [6, 6.07) is 0. The van der Waals surface area contributed by atoms with E-state index in [-0.39, 0.29) is 5.82 Å². The maximum atomic E-state index is 11.6. The highest BCUT2D eigenvalue weighted by Gasteiger charge is 2.19. The Morgan fingerprint density at radius 2 is 2.11 bits per heavy atom. The van der Waals surface area contributed by atoms with E-state index in [2.05, 4.69) is 15.2 Å². The SMILES string of the molecule is CCOC(=O)c1nc(-c2cn(C)nc2C)n(C)n1. The lowest BCUT2D eigenvalue weighted by Crippen LogP contribution is -2.07. The first-order chi connectivity index (χ1) is 8.52. The molecule has 0 atom stereocenters. The lowest BCUT2D eigenvalue weighted by molar-refractivity contribution is 0.0512. The maximum absolute atomic E-state index is 11.6. The zero-order valence-corrected chi connectivity index (χ0v) is 10.8. The summed E-state index contributed by atoms with van der Waals surface area (Å²) in [5, 5.41) is 8.29. The molecule has 2 aromatic rings. The summed E-state index contributed by atoms with van der Waals surface area (Å²) in [5.41, 5.74) is 1.69. The minimum absolute atomic E-state index is 0.0672. The standard InChI is InChI=1S/C11H15N5O2/c1-5-18-11(17)9-12-10(16(4)14-9)8-6-15(3)13-7(8)2/h6H,5H2,1-4H3. The van der Waals surface area contributed by atoms with Crippen LogP contribution in [0.15, 0.2) is 6.20 Å². The van der Waals surface area contributed by atoms with E-state index in [1.54, 1.807) is 23.3 Å². The van der Waals surface area contributed by atoms with Crippen LogP contribution in [0.5, 0.6) is 0 Å². The summed E-state index contributed by atoms with van der Waals surface area (Å²) in [5.74, 6) is 0.155. The maximum Gasteiger partial charge on any atom is 0.378 e. The molecular weight excluding hydrogens is 234 g/mol. The molecule has 18 heavy (non-hydrogen) atoms.